The molecular weight excluding hydrogens is 364 g/mol. The van der Waals surface area contributed by atoms with Crippen LogP contribution < -0.4 is 4.74 Å². The Bertz CT molecular complexity index is 709. The smallest absolute Gasteiger partial charge is 0.341 e. The Labute approximate surface area is 142 Å². The van der Waals surface area contributed by atoms with Crippen LogP contribution in [0.2, 0.25) is 0 Å². The quantitative estimate of drug-likeness (QED) is 0.835. The molecule has 0 atom stereocenters. The van der Waals surface area contributed by atoms with Crippen LogP contribution in [0, 0.1) is 0 Å². The van der Waals surface area contributed by atoms with E-state index < -0.39 is 5.97 Å². The highest BCUT2D eigenvalue weighted by atomic mass is 79.9. The SMILES string of the molecule is CN(Cc1ccc(OCC(=O)O)cc1)C(=O)c1cc(Br)cn1C. The lowest BCUT2D eigenvalue weighted by atomic mass is 10.2. The third-order valence-electron chi connectivity index (χ3n) is 3.24. The van der Waals surface area contributed by atoms with Crippen LogP contribution in [0.3, 0.4) is 0 Å². The van der Waals surface area contributed by atoms with E-state index in [4.69, 9.17) is 9.84 Å². The fraction of sp³-hybridized carbons (Fsp3) is 0.250. The number of aliphatic carboxylic acids is 1. The van der Waals surface area contributed by atoms with Crippen LogP contribution in [-0.2, 0) is 18.4 Å². The van der Waals surface area contributed by atoms with Gasteiger partial charge in [0.15, 0.2) is 6.61 Å². The van der Waals surface area contributed by atoms with Crippen LogP contribution in [0.4, 0.5) is 0 Å². The van der Waals surface area contributed by atoms with Crippen LogP contribution >= 0.6 is 15.9 Å². The molecule has 0 aliphatic heterocycles. The first-order valence-corrected chi connectivity index (χ1v) is 7.67. The fourth-order valence-corrected chi connectivity index (χ4v) is 2.64. The number of halogens is 1. The van der Waals surface area contributed by atoms with Crippen LogP contribution in [0.5, 0.6) is 5.75 Å². The minimum absolute atomic E-state index is 0.0793. The molecule has 2 aromatic rings. The number of hydrogen-bond donors (Lipinski definition) is 1. The summed E-state index contributed by atoms with van der Waals surface area (Å²) >= 11 is 3.35. The van der Waals surface area contributed by atoms with Gasteiger partial charge < -0.3 is 19.3 Å². The highest BCUT2D eigenvalue weighted by Gasteiger charge is 2.16. The Morgan fingerprint density at radius 2 is 1.96 bits per heavy atom. The molecule has 122 valence electrons. The molecule has 0 fully saturated rings. The van der Waals surface area contributed by atoms with E-state index in [1.54, 1.807) is 34.7 Å². The highest BCUT2D eigenvalue weighted by molar-refractivity contribution is 9.10. The van der Waals surface area contributed by atoms with Crippen molar-refractivity contribution in [2.75, 3.05) is 13.7 Å². The second-order valence-corrected chi connectivity index (χ2v) is 6.06. The van der Waals surface area contributed by atoms with Crippen molar-refractivity contribution in [3.05, 3.63) is 52.3 Å². The van der Waals surface area contributed by atoms with Gasteiger partial charge in [0.25, 0.3) is 5.91 Å². The lowest BCUT2D eigenvalue weighted by molar-refractivity contribution is -0.139. The van der Waals surface area contributed by atoms with Crippen molar-refractivity contribution in [3.8, 4) is 5.75 Å². The van der Waals surface area contributed by atoms with E-state index in [9.17, 15) is 9.59 Å². The predicted molar refractivity (Wildman–Crippen MR) is 88.5 cm³/mol. The lowest BCUT2D eigenvalue weighted by Crippen LogP contribution is -2.27. The average molecular weight is 381 g/mol. The highest BCUT2D eigenvalue weighted by Crippen LogP contribution is 2.17. The summed E-state index contributed by atoms with van der Waals surface area (Å²) in [6, 6.07) is 8.77. The number of carboxylic acid groups (broad SMARTS) is 1. The topological polar surface area (TPSA) is 71.8 Å². The molecule has 0 saturated heterocycles. The van der Waals surface area contributed by atoms with Gasteiger partial charge in [-0.15, -0.1) is 0 Å². The zero-order valence-electron chi connectivity index (χ0n) is 12.8. The first-order chi connectivity index (χ1) is 10.9. The summed E-state index contributed by atoms with van der Waals surface area (Å²) < 4.78 is 7.70. The molecule has 0 aliphatic carbocycles. The van der Waals surface area contributed by atoms with Gasteiger partial charge >= 0.3 is 5.97 Å². The minimum Gasteiger partial charge on any atom is -0.482 e. The van der Waals surface area contributed by atoms with Gasteiger partial charge in [-0.2, -0.15) is 0 Å². The first kappa shape index (κ1) is 17.1. The molecule has 2 rings (SSSR count). The molecule has 1 amide bonds. The van der Waals surface area contributed by atoms with Crippen molar-refractivity contribution in [3.63, 3.8) is 0 Å². The van der Waals surface area contributed by atoms with Crippen molar-refractivity contribution < 1.29 is 19.4 Å². The number of hydrogen-bond acceptors (Lipinski definition) is 3. The third-order valence-corrected chi connectivity index (χ3v) is 3.68. The van der Waals surface area contributed by atoms with E-state index in [1.807, 2.05) is 25.4 Å². The van der Waals surface area contributed by atoms with Crippen molar-refractivity contribution in [1.29, 1.82) is 0 Å². The summed E-state index contributed by atoms with van der Waals surface area (Å²) in [4.78, 5) is 24.5. The van der Waals surface area contributed by atoms with Gasteiger partial charge in [0.2, 0.25) is 0 Å². The van der Waals surface area contributed by atoms with E-state index in [0.29, 0.717) is 18.0 Å². The number of benzene rings is 1. The maximum Gasteiger partial charge on any atom is 0.341 e. The maximum absolute atomic E-state index is 12.4. The Kier molecular flexibility index (Phi) is 5.44. The lowest BCUT2D eigenvalue weighted by Gasteiger charge is -2.17. The molecule has 0 bridgehead atoms. The zero-order valence-corrected chi connectivity index (χ0v) is 14.4. The van der Waals surface area contributed by atoms with Crippen LogP contribution in [-0.4, -0.2) is 40.1 Å². The number of carbonyl (C=O) groups excluding carboxylic acids is 1. The molecule has 1 aromatic carbocycles. The summed E-state index contributed by atoms with van der Waals surface area (Å²) in [7, 11) is 3.55. The maximum atomic E-state index is 12.4. The van der Waals surface area contributed by atoms with Gasteiger partial charge in [-0.3, -0.25) is 4.79 Å². The Hall–Kier alpha value is -2.28. The third kappa shape index (κ3) is 4.59. The van der Waals surface area contributed by atoms with E-state index in [0.717, 1.165) is 10.0 Å². The molecule has 0 aliphatic rings. The number of rotatable bonds is 6. The van der Waals surface area contributed by atoms with Crippen molar-refractivity contribution in [2.45, 2.75) is 6.54 Å². The molecule has 0 saturated carbocycles. The summed E-state index contributed by atoms with van der Waals surface area (Å²) in [5.74, 6) is -0.617. The number of aryl methyl sites for hydroxylation is 1. The number of carbonyl (C=O) groups is 2. The number of carboxylic acids is 1. The molecule has 7 heteroatoms. The summed E-state index contributed by atoms with van der Waals surface area (Å²) in [6.45, 7) is 0.0704. The zero-order chi connectivity index (χ0) is 17.0. The standard InChI is InChI=1S/C16H17BrN2O4/c1-18-9-12(17)7-14(18)16(22)19(2)8-11-3-5-13(6-4-11)23-10-15(20)21/h3-7,9H,8,10H2,1-2H3,(H,20,21). The molecule has 0 radical (unpaired) electrons. The molecule has 0 unspecified atom stereocenters. The Morgan fingerprint density at radius 3 is 2.48 bits per heavy atom. The molecule has 1 heterocycles. The van der Waals surface area contributed by atoms with Crippen molar-refractivity contribution in [1.82, 2.24) is 9.47 Å². The Morgan fingerprint density at radius 1 is 1.30 bits per heavy atom. The van der Waals surface area contributed by atoms with Gasteiger partial charge in [0, 0.05) is 31.3 Å². The molecule has 1 aromatic heterocycles. The number of aromatic nitrogens is 1. The van der Waals surface area contributed by atoms with Gasteiger partial charge in [0.05, 0.1) is 0 Å². The molecule has 0 spiro atoms. The summed E-state index contributed by atoms with van der Waals surface area (Å²) in [6.07, 6.45) is 1.83. The van der Waals surface area contributed by atoms with Crippen LogP contribution in [0.15, 0.2) is 41.0 Å². The van der Waals surface area contributed by atoms with E-state index in [1.165, 1.54) is 0 Å². The number of ether oxygens (including phenoxy) is 1. The predicted octanol–water partition coefficient (Wildman–Crippen LogP) is 2.52. The second kappa shape index (κ2) is 7.32. The second-order valence-electron chi connectivity index (χ2n) is 5.14. The van der Waals surface area contributed by atoms with Gasteiger partial charge in [-0.05, 0) is 39.7 Å². The van der Waals surface area contributed by atoms with E-state index >= 15 is 0 Å². The average Bonchev–Trinajstić information content (AvgIpc) is 2.84. The van der Waals surface area contributed by atoms with Gasteiger partial charge in [-0.25, -0.2) is 4.79 Å². The normalized spacial score (nSPS) is 10.4. The van der Waals surface area contributed by atoms with Gasteiger partial charge in [-0.1, -0.05) is 12.1 Å². The molecule has 6 nitrogen and oxygen atoms in total. The molecule has 1 N–H and O–H groups in total. The molecule has 23 heavy (non-hydrogen) atoms. The summed E-state index contributed by atoms with van der Waals surface area (Å²) in [5, 5.41) is 8.57. The fourth-order valence-electron chi connectivity index (χ4n) is 2.11. The first-order valence-electron chi connectivity index (χ1n) is 6.87. The van der Waals surface area contributed by atoms with Crippen LogP contribution in [0.1, 0.15) is 16.1 Å². The van der Waals surface area contributed by atoms with Crippen LogP contribution in [0.25, 0.3) is 0 Å². The van der Waals surface area contributed by atoms with Crippen molar-refractivity contribution >= 4 is 27.8 Å². The van der Waals surface area contributed by atoms with Gasteiger partial charge in [0.1, 0.15) is 11.4 Å². The van der Waals surface area contributed by atoms with E-state index in [2.05, 4.69) is 15.9 Å². The number of nitrogens with zero attached hydrogens (tertiary/aromatic N) is 2. The minimum atomic E-state index is -1.02. The Balaban J connectivity index is 1.99. The van der Waals surface area contributed by atoms with Crippen molar-refractivity contribution in [2.24, 2.45) is 7.05 Å². The largest absolute Gasteiger partial charge is 0.482 e. The molecular formula is C16H17BrN2O4. The summed E-state index contributed by atoms with van der Waals surface area (Å²) in [5.41, 5.74) is 1.53. The monoisotopic (exact) mass is 380 g/mol. The number of amides is 1. The van der Waals surface area contributed by atoms with E-state index in [-0.39, 0.29) is 12.5 Å².